The minimum Gasteiger partial charge on any atom is -0.448 e. The predicted octanol–water partition coefficient (Wildman–Crippen LogP) is 4.30. The van der Waals surface area contributed by atoms with Gasteiger partial charge in [-0.05, 0) is 39.7 Å². The van der Waals surface area contributed by atoms with Crippen LogP contribution in [0.25, 0.3) is 32.6 Å². The number of rotatable bonds is 3. The van der Waals surface area contributed by atoms with Crippen LogP contribution in [0.4, 0.5) is 0 Å². The fourth-order valence-electron chi connectivity index (χ4n) is 4.31. The highest BCUT2D eigenvalue weighted by Crippen LogP contribution is 2.32. The Labute approximate surface area is 183 Å². The Kier molecular flexibility index (Phi) is 4.14. The maximum absolute atomic E-state index is 12.4. The van der Waals surface area contributed by atoms with Gasteiger partial charge in [0.15, 0.2) is 0 Å². The number of amides is 1. The summed E-state index contributed by atoms with van der Waals surface area (Å²) in [7, 11) is 0. The van der Waals surface area contributed by atoms with Crippen molar-refractivity contribution in [3.05, 3.63) is 84.4 Å². The highest BCUT2D eigenvalue weighted by molar-refractivity contribution is 6.18. The third-order valence-corrected chi connectivity index (χ3v) is 5.78. The molecule has 0 bridgehead atoms. The zero-order chi connectivity index (χ0) is 21.7. The lowest BCUT2D eigenvalue weighted by atomic mass is 9.97. The van der Waals surface area contributed by atoms with Crippen LogP contribution in [0.3, 0.4) is 0 Å². The molecule has 1 aliphatic rings. The molecule has 1 unspecified atom stereocenters. The molecule has 1 aliphatic heterocycles. The number of fused-ring (bicyclic) bond motifs is 3. The van der Waals surface area contributed by atoms with Crippen LogP contribution in [0.15, 0.2) is 84.0 Å². The van der Waals surface area contributed by atoms with Crippen molar-refractivity contribution in [2.45, 2.75) is 19.7 Å². The average molecular weight is 421 g/mol. The number of hydrogen-bond acceptors (Lipinski definition) is 5. The summed E-state index contributed by atoms with van der Waals surface area (Å²) in [6, 6.07) is 26.1. The molecule has 0 saturated carbocycles. The fourth-order valence-corrected chi connectivity index (χ4v) is 4.31. The molecule has 156 valence electrons. The number of aromatic nitrogens is 3. The van der Waals surface area contributed by atoms with Gasteiger partial charge in [-0.25, -0.2) is 4.68 Å². The Morgan fingerprint density at radius 2 is 1.59 bits per heavy atom. The van der Waals surface area contributed by atoms with E-state index in [9.17, 15) is 4.79 Å². The first kappa shape index (κ1) is 18.5. The summed E-state index contributed by atoms with van der Waals surface area (Å²) in [6.07, 6.45) is -0.620. The van der Waals surface area contributed by atoms with Crippen molar-refractivity contribution in [2.75, 3.05) is 0 Å². The Hall–Kier alpha value is -4.26. The summed E-state index contributed by atoms with van der Waals surface area (Å²) < 4.78 is 8.07. The maximum Gasteiger partial charge on any atom is 0.243 e. The van der Waals surface area contributed by atoms with Crippen molar-refractivity contribution in [1.82, 2.24) is 20.0 Å². The third-order valence-electron chi connectivity index (χ3n) is 5.78. The number of ether oxygens (including phenoxy) is 1. The summed E-state index contributed by atoms with van der Waals surface area (Å²) in [5.41, 5.74) is 2.56. The Bertz CT molecular complexity index is 1480. The highest BCUT2D eigenvalue weighted by Gasteiger charge is 2.34. The molecule has 1 aromatic heterocycles. The third kappa shape index (κ3) is 2.90. The van der Waals surface area contributed by atoms with Gasteiger partial charge in [-0.1, -0.05) is 65.9 Å². The van der Waals surface area contributed by atoms with E-state index in [1.165, 1.54) is 11.9 Å². The minimum absolute atomic E-state index is 0.195. The fraction of sp³-hybridized carbons (Fsp3) is 0.120. The zero-order valence-corrected chi connectivity index (χ0v) is 17.3. The van der Waals surface area contributed by atoms with Gasteiger partial charge >= 0.3 is 0 Å². The standard InChI is InChI=1S/C25H19N5O2/c1-16(31)30-23(15-29-22-13-7-6-12-21(22)26-28-29)32-25(27-30)24-19-10-4-2-8-17(19)14-18-9-3-5-11-20(18)24/h2-14,23H,15H2,1H3. The molecular weight excluding hydrogens is 402 g/mol. The van der Waals surface area contributed by atoms with Gasteiger partial charge in [-0.15, -0.1) is 10.2 Å². The molecule has 5 aromatic rings. The van der Waals surface area contributed by atoms with Crippen LogP contribution in [0.1, 0.15) is 12.5 Å². The van der Waals surface area contributed by atoms with E-state index in [0.29, 0.717) is 12.4 Å². The number of carbonyl (C=O) groups is 1. The highest BCUT2D eigenvalue weighted by atomic mass is 16.5. The minimum atomic E-state index is -0.620. The normalized spacial score (nSPS) is 16.0. The second-order valence-electron chi connectivity index (χ2n) is 7.80. The number of benzene rings is 4. The topological polar surface area (TPSA) is 72.6 Å². The number of hydrogen-bond donors (Lipinski definition) is 0. The molecule has 0 saturated heterocycles. The van der Waals surface area contributed by atoms with Crippen molar-refractivity contribution < 1.29 is 9.53 Å². The first-order valence-electron chi connectivity index (χ1n) is 10.4. The largest absolute Gasteiger partial charge is 0.448 e. The predicted molar refractivity (Wildman–Crippen MR) is 123 cm³/mol. The molecule has 0 fully saturated rings. The first-order chi connectivity index (χ1) is 15.7. The smallest absolute Gasteiger partial charge is 0.243 e. The van der Waals surface area contributed by atoms with Gasteiger partial charge in [0, 0.05) is 6.92 Å². The van der Waals surface area contributed by atoms with Crippen molar-refractivity contribution in [1.29, 1.82) is 0 Å². The van der Waals surface area contributed by atoms with Gasteiger partial charge in [0.2, 0.25) is 18.0 Å². The van der Waals surface area contributed by atoms with E-state index in [1.807, 2.05) is 48.5 Å². The Balaban J connectivity index is 1.46. The molecule has 7 nitrogen and oxygen atoms in total. The van der Waals surface area contributed by atoms with E-state index >= 15 is 0 Å². The zero-order valence-electron chi connectivity index (χ0n) is 17.3. The Morgan fingerprint density at radius 1 is 0.938 bits per heavy atom. The van der Waals surface area contributed by atoms with E-state index < -0.39 is 6.23 Å². The first-order valence-corrected chi connectivity index (χ1v) is 10.4. The monoisotopic (exact) mass is 421 g/mol. The number of nitrogens with zero attached hydrogens (tertiary/aromatic N) is 5. The van der Waals surface area contributed by atoms with E-state index in [2.05, 4.69) is 45.7 Å². The van der Waals surface area contributed by atoms with Crippen LogP contribution in [0.5, 0.6) is 0 Å². The molecule has 0 N–H and O–H groups in total. The quantitative estimate of drug-likeness (QED) is 0.407. The molecule has 1 atom stereocenters. The summed E-state index contributed by atoms with van der Waals surface area (Å²) in [6.45, 7) is 1.80. The molecular formula is C25H19N5O2. The lowest BCUT2D eigenvalue weighted by Gasteiger charge is -2.19. The molecule has 6 rings (SSSR count). The summed E-state index contributed by atoms with van der Waals surface area (Å²) >= 11 is 0. The van der Waals surface area contributed by atoms with E-state index in [1.54, 1.807) is 4.68 Å². The van der Waals surface area contributed by atoms with Crippen molar-refractivity contribution in [3.8, 4) is 0 Å². The van der Waals surface area contributed by atoms with Crippen LogP contribution in [-0.4, -0.2) is 38.0 Å². The molecule has 2 heterocycles. The van der Waals surface area contributed by atoms with Crippen LogP contribution in [0.2, 0.25) is 0 Å². The van der Waals surface area contributed by atoms with E-state index in [-0.39, 0.29) is 5.91 Å². The van der Waals surface area contributed by atoms with Crippen LogP contribution in [0, 0.1) is 0 Å². The average Bonchev–Trinajstić information content (AvgIpc) is 3.42. The SMILES string of the molecule is CC(=O)N1N=C(c2c3ccccc3cc3ccccc23)OC1Cn1nnc2ccccc21. The molecule has 4 aromatic carbocycles. The summed E-state index contributed by atoms with van der Waals surface area (Å²) in [4.78, 5) is 12.4. The van der Waals surface area contributed by atoms with Crippen molar-refractivity contribution >= 4 is 44.4 Å². The number of carbonyl (C=O) groups excluding carboxylic acids is 1. The van der Waals surface area contributed by atoms with Crippen LogP contribution in [-0.2, 0) is 16.1 Å². The van der Waals surface area contributed by atoms with Crippen molar-refractivity contribution in [3.63, 3.8) is 0 Å². The van der Waals surface area contributed by atoms with E-state index in [4.69, 9.17) is 4.74 Å². The van der Waals surface area contributed by atoms with Crippen LogP contribution < -0.4 is 0 Å². The lowest BCUT2D eigenvalue weighted by molar-refractivity contribution is -0.135. The van der Waals surface area contributed by atoms with Crippen LogP contribution >= 0.6 is 0 Å². The lowest BCUT2D eigenvalue weighted by Crippen LogP contribution is -2.35. The van der Waals surface area contributed by atoms with Gasteiger partial charge in [-0.2, -0.15) is 5.01 Å². The second kappa shape index (κ2) is 7.16. The number of hydrazone groups is 1. The van der Waals surface area contributed by atoms with E-state index in [0.717, 1.165) is 38.1 Å². The Morgan fingerprint density at radius 3 is 2.31 bits per heavy atom. The second-order valence-corrected chi connectivity index (χ2v) is 7.80. The molecule has 1 amide bonds. The summed E-state index contributed by atoms with van der Waals surface area (Å²) in [5.74, 6) is 0.238. The molecule has 0 aliphatic carbocycles. The van der Waals surface area contributed by atoms with Gasteiger partial charge in [0.05, 0.1) is 11.1 Å². The number of para-hydroxylation sites is 1. The molecule has 7 heteroatoms. The molecule has 0 spiro atoms. The van der Waals surface area contributed by atoms with Gasteiger partial charge < -0.3 is 4.74 Å². The molecule has 32 heavy (non-hydrogen) atoms. The van der Waals surface area contributed by atoms with Crippen molar-refractivity contribution in [2.24, 2.45) is 5.10 Å². The molecule has 0 radical (unpaired) electrons. The maximum atomic E-state index is 12.4. The van der Waals surface area contributed by atoms with Gasteiger partial charge in [0.1, 0.15) is 12.1 Å². The van der Waals surface area contributed by atoms with Gasteiger partial charge in [0.25, 0.3) is 0 Å². The van der Waals surface area contributed by atoms with Gasteiger partial charge in [-0.3, -0.25) is 4.79 Å². The summed E-state index contributed by atoms with van der Waals surface area (Å²) in [5, 5.41) is 18.7.